The maximum absolute atomic E-state index is 11.3. The Balaban J connectivity index is 1.87. The van der Waals surface area contributed by atoms with Gasteiger partial charge < -0.3 is 5.32 Å². The van der Waals surface area contributed by atoms with Gasteiger partial charge in [0, 0.05) is 13.1 Å². The number of nitrogens with one attached hydrogen (secondary N) is 1. The molecule has 0 unspecified atom stereocenters. The molecule has 2 aromatic heterocycles. The van der Waals surface area contributed by atoms with Crippen molar-refractivity contribution >= 4 is 38.6 Å². The predicted octanol–water partition coefficient (Wildman–Crippen LogP) is 2.22. The summed E-state index contributed by atoms with van der Waals surface area (Å²) < 4.78 is 24.5. The van der Waals surface area contributed by atoms with Crippen molar-refractivity contribution < 1.29 is 8.42 Å². The van der Waals surface area contributed by atoms with E-state index in [2.05, 4.69) is 27.3 Å². The second kappa shape index (κ2) is 7.60. The van der Waals surface area contributed by atoms with Gasteiger partial charge in [0.1, 0.15) is 5.82 Å². The van der Waals surface area contributed by atoms with Crippen LogP contribution >= 0.6 is 11.8 Å². The molecule has 26 heavy (non-hydrogen) atoms. The summed E-state index contributed by atoms with van der Waals surface area (Å²) in [5, 5.41) is 14.3. The highest BCUT2D eigenvalue weighted by Crippen LogP contribution is 2.25. The zero-order valence-electron chi connectivity index (χ0n) is 14.5. The molecule has 0 aliphatic heterocycles. The van der Waals surface area contributed by atoms with Crippen LogP contribution in [0.3, 0.4) is 0 Å². The third kappa shape index (κ3) is 3.97. The number of nitrogens with two attached hydrogens (primary N) is 1. The lowest BCUT2D eigenvalue weighted by Gasteiger charge is -2.09. The van der Waals surface area contributed by atoms with Gasteiger partial charge in [-0.1, -0.05) is 30.8 Å². The normalized spacial score (nSPS) is 11.8. The van der Waals surface area contributed by atoms with Crippen LogP contribution in [0.5, 0.6) is 0 Å². The summed E-state index contributed by atoms with van der Waals surface area (Å²) in [5.74, 6) is 1.58. The van der Waals surface area contributed by atoms with E-state index in [9.17, 15) is 8.42 Å². The van der Waals surface area contributed by atoms with E-state index in [4.69, 9.17) is 5.14 Å². The van der Waals surface area contributed by atoms with Crippen LogP contribution in [0.1, 0.15) is 19.4 Å². The van der Waals surface area contributed by atoms with Crippen molar-refractivity contribution in [1.82, 2.24) is 19.7 Å². The van der Waals surface area contributed by atoms with Crippen molar-refractivity contribution in [3.63, 3.8) is 0 Å². The van der Waals surface area contributed by atoms with Gasteiger partial charge in [0.05, 0.1) is 16.5 Å². The number of hydrogen-bond acceptors (Lipinski definition) is 7. The van der Waals surface area contributed by atoms with E-state index < -0.39 is 10.0 Å². The summed E-state index contributed by atoms with van der Waals surface area (Å²) in [7, 11) is -3.68. The predicted molar refractivity (Wildman–Crippen MR) is 103 cm³/mol. The number of sulfonamides is 1. The average molecular weight is 393 g/mol. The second-order valence-electron chi connectivity index (χ2n) is 5.53. The Morgan fingerprint density at radius 3 is 2.54 bits per heavy atom. The monoisotopic (exact) mass is 392 g/mol. The Morgan fingerprint density at radius 1 is 1.19 bits per heavy atom. The number of aromatic nitrogens is 4. The first-order chi connectivity index (χ1) is 12.4. The van der Waals surface area contributed by atoms with Gasteiger partial charge in [-0.25, -0.2) is 28.2 Å². The van der Waals surface area contributed by atoms with Crippen LogP contribution in [0.2, 0.25) is 0 Å². The lowest BCUT2D eigenvalue weighted by Crippen LogP contribution is -2.12. The van der Waals surface area contributed by atoms with Crippen LogP contribution in [-0.2, 0) is 23.1 Å². The Labute approximate surface area is 156 Å². The zero-order valence-corrected chi connectivity index (χ0v) is 16.1. The molecule has 0 saturated heterocycles. The van der Waals surface area contributed by atoms with Crippen LogP contribution in [0.25, 0.3) is 11.0 Å². The van der Waals surface area contributed by atoms with Crippen molar-refractivity contribution in [2.45, 2.75) is 37.0 Å². The summed E-state index contributed by atoms with van der Waals surface area (Å²) in [6.45, 7) is 5.28. The van der Waals surface area contributed by atoms with Gasteiger partial charge >= 0.3 is 0 Å². The molecule has 0 aliphatic carbocycles. The molecule has 2 heterocycles. The summed E-state index contributed by atoms with van der Waals surface area (Å²) >= 11 is 1.57. The molecular weight excluding hydrogens is 372 g/mol. The summed E-state index contributed by atoms with van der Waals surface area (Å²) in [6.07, 6.45) is 1.76. The number of nitrogens with zero attached hydrogens (tertiary/aromatic N) is 4. The lowest BCUT2D eigenvalue weighted by atomic mass is 10.2. The molecule has 0 spiro atoms. The molecule has 10 heteroatoms. The highest BCUT2D eigenvalue weighted by Gasteiger charge is 2.13. The van der Waals surface area contributed by atoms with Gasteiger partial charge in [0.15, 0.2) is 10.8 Å². The molecule has 0 aliphatic rings. The van der Waals surface area contributed by atoms with E-state index >= 15 is 0 Å². The number of aryl methyl sites for hydroxylation is 1. The van der Waals surface area contributed by atoms with Crippen molar-refractivity contribution in [3.05, 3.63) is 36.0 Å². The molecular formula is C16H20N6O2S2. The second-order valence-corrected chi connectivity index (χ2v) is 8.32. The standard InChI is InChI=1S/C16H20N6O2S2/c1-3-22-15-13(10-19-22)14(20-16(21-15)25-4-2)18-9-11-5-7-12(8-6-11)26(17,23)24/h5-8,10H,3-4,9H2,1-2H3,(H2,17,23,24)(H,18,20,21). The highest BCUT2D eigenvalue weighted by molar-refractivity contribution is 7.99. The fraction of sp³-hybridized carbons (Fsp3) is 0.312. The average Bonchev–Trinajstić information content (AvgIpc) is 3.02. The van der Waals surface area contributed by atoms with Gasteiger partial charge in [0.2, 0.25) is 10.0 Å². The molecule has 0 saturated carbocycles. The van der Waals surface area contributed by atoms with E-state index in [-0.39, 0.29) is 4.90 Å². The number of anilines is 1. The molecule has 3 rings (SSSR count). The minimum atomic E-state index is -3.68. The van der Waals surface area contributed by atoms with Crippen LogP contribution in [0, 0.1) is 0 Å². The summed E-state index contributed by atoms with van der Waals surface area (Å²) in [6, 6.07) is 6.44. The molecule has 3 N–H and O–H groups in total. The Bertz CT molecular complexity index is 1020. The van der Waals surface area contributed by atoms with Crippen LogP contribution in [-0.4, -0.2) is 33.9 Å². The molecule has 0 radical (unpaired) electrons. The van der Waals surface area contributed by atoms with E-state index in [0.717, 1.165) is 28.9 Å². The number of benzene rings is 1. The van der Waals surface area contributed by atoms with Crippen LogP contribution in [0.4, 0.5) is 5.82 Å². The lowest BCUT2D eigenvalue weighted by molar-refractivity contribution is 0.598. The topological polar surface area (TPSA) is 116 Å². The number of rotatable bonds is 7. The number of fused-ring (bicyclic) bond motifs is 1. The van der Waals surface area contributed by atoms with E-state index in [1.807, 2.05) is 11.6 Å². The van der Waals surface area contributed by atoms with Crippen molar-refractivity contribution in [2.24, 2.45) is 5.14 Å². The van der Waals surface area contributed by atoms with Crippen molar-refractivity contribution in [3.8, 4) is 0 Å². The molecule has 0 fully saturated rings. The number of thioether (sulfide) groups is 1. The number of hydrogen-bond donors (Lipinski definition) is 2. The van der Waals surface area contributed by atoms with E-state index in [1.165, 1.54) is 12.1 Å². The van der Waals surface area contributed by atoms with Gasteiger partial charge in [0.25, 0.3) is 0 Å². The molecule has 8 nitrogen and oxygen atoms in total. The number of primary sulfonamides is 1. The molecule has 0 atom stereocenters. The van der Waals surface area contributed by atoms with Gasteiger partial charge in [-0.15, -0.1) is 0 Å². The third-order valence-electron chi connectivity index (χ3n) is 3.76. The first kappa shape index (κ1) is 18.6. The van der Waals surface area contributed by atoms with Crippen molar-refractivity contribution in [2.75, 3.05) is 11.1 Å². The Kier molecular flexibility index (Phi) is 5.44. The molecule has 3 aromatic rings. The molecule has 0 bridgehead atoms. The first-order valence-corrected chi connectivity index (χ1v) is 10.7. The fourth-order valence-electron chi connectivity index (χ4n) is 2.48. The van der Waals surface area contributed by atoms with Crippen LogP contribution < -0.4 is 10.5 Å². The molecule has 138 valence electrons. The first-order valence-electron chi connectivity index (χ1n) is 8.14. The zero-order chi connectivity index (χ0) is 18.7. The van der Waals surface area contributed by atoms with Crippen molar-refractivity contribution in [1.29, 1.82) is 0 Å². The molecule has 0 amide bonds. The fourth-order valence-corrected chi connectivity index (χ4v) is 3.56. The summed E-state index contributed by atoms with van der Waals surface area (Å²) in [4.78, 5) is 9.26. The smallest absolute Gasteiger partial charge is 0.238 e. The Morgan fingerprint density at radius 2 is 1.92 bits per heavy atom. The maximum atomic E-state index is 11.3. The molecule has 1 aromatic carbocycles. The highest BCUT2D eigenvalue weighted by atomic mass is 32.2. The Hall–Kier alpha value is -2.17. The van der Waals surface area contributed by atoms with Crippen LogP contribution in [0.15, 0.2) is 40.5 Å². The summed E-state index contributed by atoms with van der Waals surface area (Å²) in [5.41, 5.74) is 1.71. The largest absolute Gasteiger partial charge is 0.365 e. The minimum absolute atomic E-state index is 0.0940. The van der Waals surface area contributed by atoms with Gasteiger partial charge in [-0.05, 0) is 30.4 Å². The van der Waals surface area contributed by atoms with E-state index in [1.54, 1.807) is 30.1 Å². The minimum Gasteiger partial charge on any atom is -0.365 e. The SMILES string of the molecule is CCSc1nc(NCc2ccc(S(N)(=O)=O)cc2)c2cnn(CC)c2n1. The quantitative estimate of drug-likeness (QED) is 0.468. The maximum Gasteiger partial charge on any atom is 0.238 e. The van der Waals surface area contributed by atoms with Gasteiger partial charge in [-0.3, -0.25) is 0 Å². The van der Waals surface area contributed by atoms with E-state index in [0.29, 0.717) is 17.5 Å². The van der Waals surface area contributed by atoms with Gasteiger partial charge in [-0.2, -0.15) is 5.10 Å². The third-order valence-corrected chi connectivity index (χ3v) is 5.42.